The number of benzene rings is 11. The summed E-state index contributed by atoms with van der Waals surface area (Å²) in [6.45, 7) is 0. The fourth-order valence-corrected chi connectivity index (χ4v) is 8.93. The summed E-state index contributed by atoms with van der Waals surface area (Å²) >= 11 is 0. The standard InChI is InChI=1S/C48H26O/c1-2-7-33-25-42-41(22-32(33)6-1)48-40(39-23-34-12-4-10-28-14-16-30-11-5-13-37(39)46(30)45(28)34)24-35(26-43(48)49-42)36-20-18-31-17-15-27-8-3-9-29-19-21-38(36)47(31)44(27)29/h1-26H. The smallest absolute Gasteiger partial charge is 0.136 e. The predicted octanol–water partition coefficient (Wildman–Crippen LogP) is 13.9. The maximum atomic E-state index is 6.85. The topological polar surface area (TPSA) is 13.1 Å². The summed E-state index contributed by atoms with van der Waals surface area (Å²) in [4.78, 5) is 0. The molecule has 0 N–H and O–H groups in total. The van der Waals surface area contributed by atoms with Crippen molar-refractivity contribution in [3.63, 3.8) is 0 Å². The molecule has 12 rings (SSSR count). The van der Waals surface area contributed by atoms with Crippen LogP contribution in [0.25, 0.3) is 120 Å². The van der Waals surface area contributed by atoms with Crippen LogP contribution in [-0.4, -0.2) is 0 Å². The molecule has 49 heavy (non-hydrogen) atoms. The normalized spacial score (nSPS) is 12.5. The highest BCUT2D eigenvalue weighted by Gasteiger charge is 2.21. The van der Waals surface area contributed by atoms with Gasteiger partial charge in [0.05, 0.1) is 0 Å². The van der Waals surface area contributed by atoms with E-state index in [1.807, 2.05) is 0 Å². The molecule has 0 aliphatic rings. The second-order valence-electron chi connectivity index (χ2n) is 13.6. The molecular weight excluding hydrogens is 593 g/mol. The van der Waals surface area contributed by atoms with Gasteiger partial charge >= 0.3 is 0 Å². The molecule has 1 aromatic heterocycles. The van der Waals surface area contributed by atoms with Crippen molar-refractivity contribution >= 4 is 97.3 Å². The number of hydrogen-bond donors (Lipinski definition) is 0. The molecule has 11 aromatic carbocycles. The Labute approximate surface area is 280 Å². The van der Waals surface area contributed by atoms with E-state index in [9.17, 15) is 0 Å². The summed E-state index contributed by atoms with van der Waals surface area (Å²) in [6.07, 6.45) is 0. The zero-order valence-electron chi connectivity index (χ0n) is 26.4. The van der Waals surface area contributed by atoms with E-state index >= 15 is 0 Å². The zero-order chi connectivity index (χ0) is 31.8. The molecule has 0 unspecified atom stereocenters. The highest BCUT2D eigenvalue weighted by atomic mass is 16.3. The Bertz CT molecular complexity index is 3310. The molecule has 1 heteroatoms. The average Bonchev–Trinajstić information content (AvgIpc) is 3.51. The van der Waals surface area contributed by atoms with E-state index in [4.69, 9.17) is 4.42 Å². The monoisotopic (exact) mass is 618 g/mol. The maximum absolute atomic E-state index is 6.85. The van der Waals surface area contributed by atoms with Gasteiger partial charge in [0.2, 0.25) is 0 Å². The van der Waals surface area contributed by atoms with Crippen LogP contribution in [0.15, 0.2) is 162 Å². The first kappa shape index (κ1) is 25.6. The van der Waals surface area contributed by atoms with Crippen molar-refractivity contribution in [1.82, 2.24) is 0 Å². The van der Waals surface area contributed by atoms with Crippen LogP contribution in [0.4, 0.5) is 0 Å². The lowest BCUT2D eigenvalue weighted by molar-refractivity contribution is 0.669. The Morgan fingerprint density at radius 3 is 1.57 bits per heavy atom. The van der Waals surface area contributed by atoms with Gasteiger partial charge in [0.15, 0.2) is 0 Å². The molecule has 0 radical (unpaired) electrons. The lowest BCUT2D eigenvalue weighted by atomic mass is 9.85. The molecule has 224 valence electrons. The Kier molecular flexibility index (Phi) is 4.77. The minimum Gasteiger partial charge on any atom is -0.456 e. The molecule has 0 aliphatic carbocycles. The van der Waals surface area contributed by atoms with Gasteiger partial charge in [0.1, 0.15) is 11.2 Å². The average molecular weight is 619 g/mol. The van der Waals surface area contributed by atoms with Crippen LogP contribution in [0, 0.1) is 0 Å². The number of furan rings is 1. The molecule has 0 aliphatic heterocycles. The zero-order valence-corrected chi connectivity index (χ0v) is 26.4. The molecule has 1 nitrogen and oxygen atoms in total. The van der Waals surface area contributed by atoms with Gasteiger partial charge < -0.3 is 4.42 Å². The second-order valence-corrected chi connectivity index (χ2v) is 13.6. The summed E-state index contributed by atoms with van der Waals surface area (Å²) < 4.78 is 6.85. The van der Waals surface area contributed by atoms with Gasteiger partial charge in [-0.05, 0) is 128 Å². The van der Waals surface area contributed by atoms with Crippen LogP contribution >= 0.6 is 0 Å². The Morgan fingerprint density at radius 2 is 0.816 bits per heavy atom. The Hall–Kier alpha value is -6.44. The summed E-state index contributed by atoms with van der Waals surface area (Å²) in [5, 5.41) is 20.2. The predicted molar refractivity (Wildman–Crippen MR) is 210 cm³/mol. The summed E-state index contributed by atoms with van der Waals surface area (Å²) in [6, 6.07) is 58.5. The SMILES string of the molecule is c1ccc2cc3c(cc2c1)oc1cc(-c2ccc4ccc5cccc6ccc2c4c56)cc(-c2cc4cccc5ccc6cccc2c6c54)c13. The van der Waals surface area contributed by atoms with Crippen molar-refractivity contribution in [1.29, 1.82) is 0 Å². The van der Waals surface area contributed by atoms with Crippen LogP contribution in [0.2, 0.25) is 0 Å². The fourth-order valence-electron chi connectivity index (χ4n) is 8.93. The van der Waals surface area contributed by atoms with E-state index in [1.165, 1.54) is 92.1 Å². The fraction of sp³-hybridized carbons (Fsp3) is 0. The molecule has 0 atom stereocenters. The Balaban J connectivity index is 1.25. The van der Waals surface area contributed by atoms with E-state index in [1.54, 1.807) is 0 Å². The van der Waals surface area contributed by atoms with Crippen LogP contribution in [0.3, 0.4) is 0 Å². The summed E-state index contributed by atoms with van der Waals surface area (Å²) in [7, 11) is 0. The van der Waals surface area contributed by atoms with Gasteiger partial charge in [-0.2, -0.15) is 0 Å². The van der Waals surface area contributed by atoms with Gasteiger partial charge in [-0.3, -0.25) is 0 Å². The quantitative estimate of drug-likeness (QED) is 0.176. The van der Waals surface area contributed by atoms with Gasteiger partial charge in [0.25, 0.3) is 0 Å². The van der Waals surface area contributed by atoms with E-state index in [2.05, 4.69) is 158 Å². The number of fused-ring (bicyclic) bond motifs is 4. The largest absolute Gasteiger partial charge is 0.456 e. The van der Waals surface area contributed by atoms with Crippen LogP contribution in [0.1, 0.15) is 0 Å². The lowest BCUT2D eigenvalue weighted by Gasteiger charge is -2.17. The van der Waals surface area contributed by atoms with Crippen molar-refractivity contribution in [3.05, 3.63) is 158 Å². The third-order valence-corrected chi connectivity index (χ3v) is 11.1. The van der Waals surface area contributed by atoms with Gasteiger partial charge in [-0.1, -0.05) is 127 Å². The number of rotatable bonds is 2. The van der Waals surface area contributed by atoms with E-state index in [-0.39, 0.29) is 0 Å². The van der Waals surface area contributed by atoms with Gasteiger partial charge in [0, 0.05) is 10.8 Å². The van der Waals surface area contributed by atoms with Crippen LogP contribution in [0.5, 0.6) is 0 Å². The van der Waals surface area contributed by atoms with Crippen molar-refractivity contribution in [2.45, 2.75) is 0 Å². The highest BCUT2D eigenvalue weighted by molar-refractivity contribution is 6.29. The minimum atomic E-state index is 0.911. The lowest BCUT2D eigenvalue weighted by Crippen LogP contribution is -1.91. The minimum absolute atomic E-state index is 0.911. The molecule has 0 saturated heterocycles. The van der Waals surface area contributed by atoms with Crippen LogP contribution < -0.4 is 0 Å². The maximum Gasteiger partial charge on any atom is 0.136 e. The van der Waals surface area contributed by atoms with E-state index in [0.29, 0.717) is 0 Å². The van der Waals surface area contributed by atoms with Crippen molar-refractivity contribution < 1.29 is 4.42 Å². The summed E-state index contributed by atoms with van der Waals surface area (Å²) in [5.74, 6) is 0. The highest BCUT2D eigenvalue weighted by Crippen LogP contribution is 2.47. The molecular formula is C48H26O. The molecule has 1 heterocycles. The van der Waals surface area contributed by atoms with E-state index in [0.717, 1.165) is 27.5 Å². The van der Waals surface area contributed by atoms with Gasteiger partial charge in [-0.25, -0.2) is 0 Å². The Morgan fingerprint density at radius 1 is 0.265 bits per heavy atom. The summed E-state index contributed by atoms with van der Waals surface area (Å²) in [5.41, 5.74) is 6.64. The molecule has 0 fully saturated rings. The number of hydrogen-bond acceptors (Lipinski definition) is 1. The first-order valence-electron chi connectivity index (χ1n) is 17.0. The third-order valence-electron chi connectivity index (χ3n) is 11.1. The first-order chi connectivity index (χ1) is 24.3. The second kappa shape index (κ2) is 9.13. The molecule has 0 spiro atoms. The van der Waals surface area contributed by atoms with Crippen molar-refractivity contribution in [2.24, 2.45) is 0 Å². The van der Waals surface area contributed by atoms with Crippen molar-refractivity contribution in [2.75, 3.05) is 0 Å². The van der Waals surface area contributed by atoms with Crippen LogP contribution in [-0.2, 0) is 0 Å². The molecule has 0 amide bonds. The van der Waals surface area contributed by atoms with E-state index < -0.39 is 0 Å². The first-order valence-corrected chi connectivity index (χ1v) is 17.0. The van der Waals surface area contributed by atoms with Gasteiger partial charge in [-0.15, -0.1) is 0 Å². The third kappa shape index (κ3) is 3.39. The van der Waals surface area contributed by atoms with Crippen molar-refractivity contribution in [3.8, 4) is 22.3 Å². The molecule has 0 saturated carbocycles. The molecule has 0 bridgehead atoms. The molecule has 12 aromatic rings.